The van der Waals surface area contributed by atoms with Crippen LogP contribution in [0.5, 0.6) is 0 Å². The van der Waals surface area contributed by atoms with Crippen molar-refractivity contribution >= 4 is 27.6 Å². The summed E-state index contributed by atoms with van der Waals surface area (Å²) in [6.45, 7) is 2.21. The first-order chi connectivity index (χ1) is 9.79. The molecule has 0 atom stereocenters. The molecule has 3 aromatic rings. The van der Waals surface area contributed by atoms with Gasteiger partial charge in [0.2, 0.25) is 0 Å². The minimum atomic E-state index is -0.213. The molecular formula is C17H15NO2. The number of benzene rings is 2. The third-order valence-electron chi connectivity index (χ3n) is 3.34. The van der Waals surface area contributed by atoms with E-state index in [1.54, 1.807) is 0 Å². The van der Waals surface area contributed by atoms with E-state index < -0.39 is 0 Å². The Balaban J connectivity index is 2.15. The van der Waals surface area contributed by atoms with Crippen molar-refractivity contribution in [3.63, 3.8) is 0 Å². The Morgan fingerprint density at radius 3 is 2.75 bits per heavy atom. The van der Waals surface area contributed by atoms with E-state index in [-0.39, 0.29) is 12.4 Å². The van der Waals surface area contributed by atoms with Crippen molar-refractivity contribution in [3.8, 4) is 0 Å². The van der Waals surface area contributed by atoms with Crippen LogP contribution in [0.3, 0.4) is 0 Å². The molecule has 20 heavy (non-hydrogen) atoms. The van der Waals surface area contributed by atoms with Gasteiger partial charge in [-0.1, -0.05) is 42.5 Å². The predicted octanol–water partition coefficient (Wildman–Crippen LogP) is 3.49. The first-order valence-corrected chi connectivity index (χ1v) is 6.70. The summed E-state index contributed by atoms with van der Waals surface area (Å²) < 4.78 is 5.02. The topological polar surface area (TPSA) is 39.2 Å². The van der Waals surface area contributed by atoms with Crippen LogP contribution in [0.2, 0.25) is 0 Å². The van der Waals surface area contributed by atoms with Gasteiger partial charge in [-0.2, -0.15) is 0 Å². The summed E-state index contributed by atoms with van der Waals surface area (Å²) in [4.78, 5) is 16.2. The fourth-order valence-electron chi connectivity index (χ4n) is 2.46. The van der Waals surface area contributed by atoms with Gasteiger partial charge in [-0.3, -0.25) is 9.78 Å². The molecule has 3 heteroatoms. The Labute approximate surface area is 117 Å². The molecule has 1 heterocycles. The molecule has 0 bridgehead atoms. The lowest BCUT2D eigenvalue weighted by molar-refractivity contribution is -0.142. The monoisotopic (exact) mass is 265 g/mol. The molecule has 100 valence electrons. The van der Waals surface area contributed by atoms with Gasteiger partial charge in [0.15, 0.2) is 0 Å². The summed E-state index contributed by atoms with van der Waals surface area (Å²) in [7, 11) is 0. The number of rotatable bonds is 3. The molecule has 0 amide bonds. The number of ether oxygens (including phenoxy) is 1. The van der Waals surface area contributed by atoms with E-state index in [1.165, 1.54) is 0 Å². The van der Waals surface area contributed by atoms with Gasteiger partial charge in [-0.25, -0.2) is 0 Å². The first kappa shape index (κ1) is 12.6. The maximum Gasteiger partial charge on any atom is 0.310 e. The number of aromatic nitrogens is 1. The van der Waals surface area contributed by atoms with Crippen molar-refractivity contribution in [1.29, 1.82) is 0 Å². The van der Waals surface area contributed by atoms with Gasteiger partial charge >= 0.3 is 5.97 Å². The van der Waals surface area contributed by atoms with E-state index >= 15 is 0 Å². The summed E-state index contributed by atoms with van der Waals surface area (Å²) in [5.41, 5.74) is 1.78. The van der Waals surface area contributed by atoms with E-state index in [9.17, 15) is 4.79 Å². The van der Waals surface area contributed by atoms with Gasteiger partial charge in [0.1, 0.15) is 0 Å². The van der Waals surface area contributed by atoms with E-state index in [2.05, 4.69) is 11.1 Å². The van der Waals surface area contributed by atoms with Crippen LogP contribution < -0.4 is 0 Å². The highest BCUT2D eigenvalue weighted by Gasteiger charge is 2.10. The number of nitrogens with zero attached hydrogens (tertiary/aromatic N) is 1. The van der Waals surface area contributed by atoms with Gasteiger partial charge in [0, 0.05) is 17.0 Å². The van der Waals surface area contributed by atoms with Crippen molar-refractivity contribution in [2.45, 2.75) is 13.3 Å². The summed E-state index contributed by atoms with van der Waals surface area (Å²) in [6, 6.07) is 14.1. The average Bonchev–Trinajstić information content (AvgIpc) is 2.47. The molecule has 0 N–H and O–H groups in total. The highest BCUT2D eigenvalue weighted by atomic mass is 16.5. The van der Waals surface area contributed by atoms with Crippen molar-refractivity contribution in [2.24, 2.45) is 0 Å². The van der Waals surface area contributed by atoms with Crippen LogP contribution in [0, 0.1) is 0 Å². The highest BCUT2D eigenvalue weighted by Crippen LogP contribution is 2.25. The van der Waals surface area contributed by atoms with Gasteiger partial charge in [-0.15, -0.1) is 0 Å². The smallest absolute Gasteiger partial charge is 0.310 e. The largest absolute Gasteiger partial charge is 0.466 e. The van der Waals surface area contributed by atoms with Crippen LogP contribution in [0.25, 0.3) is 21.7 Å². The van der Waals surface area contributed by atoms with E-state index in [0.29, 0.717) is 6.61 Å². The summed E-state index contributed by atoms with van der Waals surface area (Å²) in [5, 5.41) is 3.33. The van der Waals surface area contributed by atoms with Crippen molar-refractivity contribution in [3.05, 3.63) is 54.2 Å². The number of fused-ring (bicyclic) bond motifs is 3. The number of carbonyl (C=O) groups is 1. The molecule has 0 aliphatic carbocycles. The Morgan fingerprint density at radius 1 is 1.10 bits per heavy atom. The Bertz CT molecular complexity index is 780. The Hall–Kier alpha value is -2.42. The molecule has 0 saturated carbocycles. The normalized spacial score (nSPS) is 10.8. The second-order valence-corrected chi connectivity index (χ2v) is 4.64. The second-order valence-electron chi connectivity index (χ2n) is 4.64. The number of esters is 1. The quantitative estimate of drug-likeness (QED) is 0.537. The van der Waals surface area contributed by atoms with Crippen LogP contribution in [-0.2, 0) is 16.0 Å². The van der Waals surface area contributed by atoms with Gasteiger partial charge in [0.05, 0.1) is 18.5 Å². The highest BCUT2D eigenvalue weighted by molar-refractivity contribution is 6.06. The molecule has 0 unspecified atom stereocenters. The van der Waals surface area contributed by atoms with Gasteiger partial charge < -0.3 is 4.74 Å². The third-order valence-corrected chi connectivity index (χ3v) is 3.34. The van der Waals surface area contributed by atoms with Crippen LogP contribution in [0.4, 0.5) is 0 Å². The average molecular weight is 265 g/mol. The predicted molar refractivity (Wildman–Crippen MR) is 79.6 cm³/mol. The lowest BCUT2D eigenvalue weighted by atomic mass is 10.0. The minimum Gasteiger partial charge on any atom is -0.466 e. The van der Waals surface area contributed by atoms with Crippen LogP contribution in [0.1, 0.15) is 12.5 Å². The summed E-state index contributed by atoms with van der Waals surface area (Å²) in [6.07, 6.45) is 2.11. The zero-order valence-corrected chi connectivity index (χ0v) is 11.3. The van der Waals surface area contributed by atoms with E-state index in [4.69, 9.17) is 4.74 Å². The number of carbonyl (C=O) groups excluding carboxylic acids is 1. The van der Waals surface area contributed by atoms with Crippen LogP contribution >= 0.6 is 0 Å². The Morgan fingerprint density at radius 2 is 1.90 bits per heavy atom. The fraction of sp³-hybridized carbons (Fsp3) is 0.176. The van der Waals surface area contributed by atoms with E-state index in [1.807, 2.05) is 49.5 Å². The second kappa shape index (κ2) is 5.29. The third kappa shape index (κ3) is 2.23. The number of para-hydroxylation sites is 1. The first-order valence-electron chi connectivity index (χ1n) is 6.70. The van der Waals surface area contributed by atoms with Crippen molar-refractivity contribution in [2.75, 3.05) is 6.61 Å². The molecule has 0 aliphatic rings. The molecule has 0 spiro atoms. The summed E-state index contributed by atoms with van der Waals surface area (Å²) in [5.74, 6) is -0.213. The molecule has 2 aromatic carbocycles. The van der Waals surface area contributed by atoms with Gasteiger partial charge in [0.25, 0.3) is 0 Å². The zero-order valence-electron chi connectivity index (χ0n) is 11.3. The maximum absolute atomic E-state index is 11.7. The lowest BCUT2D eigenvalue weighted by Gasteiger charge is -2.08. The molecule has 3 rings (SSSR count). The van der Waals surface area contributed by atoms with Crippen molar-refractivity contribution < 1.29 is 9.53 Å². The summed E-state index contributed by atoms with van der Waals surface area (Å²) >= 11 is 0. The molecule has 3 nitrogen and oxygen atoms in total. The standard InChI is InChI=1S/C17H15NO2/c1-2-20-16(19)10-12-7-5-9-15-14-8-4-3-6-13(14)11-18-17(12)15/h3-9,11H,2,10H2,1H3. The molecule has 0 aliphatic heterocycles. The number of pyridine rings is 1. The number of hydrogen-bond acceptors (Lipinski definition) is 3. The van der Waals surface area contributed by atoms with Crippen LogP contribution in [-0.4, -0.2) is 17.6 Å². The number of hydrogen-bond donors (Lipinski definition) is 0. The van der Waals surface area contributed by atoms with Gasteiger partial charge in [-0.05, 0) is 17.9 Å². The SMILES string of the molecule is CCOC(=O)Cc1cccc2c1ncc1ccccc12. The molecular weight excluding hydrogens is 250 g/mol. The minimum absolute atomic E-state index is 0.213. The fourth-order valence-corrected chi connectivity index (χ4v) is 2.46. The molecule has 0 fully saturated rings. The lowest BCUT2D eigenvalue weighted by Crippen LogP contribution is -2.08. The Kier molecular flexibility index (Phi) is 3.33. The van der Waals surface area contributed by atoms with Crippen LogP contribution in [0.15, 0.2) is 48.7 Å². The molecule has 1 aromatic heterocycles. The zero-order chi connectivity index (χ0) is 13.9. The molecule has 0 saturated heterocycles. The van der Waals surface area contributed by atoms with Crippen molar-refractivity contribution in [1.82, 2.24) is 4.98 Å². The maximum atomic E-state index is 11.7. The molecule has 0 radical (unpaired) electrons. The van der Waals surface area contributed by atoms with E-state index in [0.717, 1.165) is 27.2 Å².